The first kappa shape index (κ1) is 46.9. The van der Waals surface area contributed by atoms with Crippen LogP contribution in [0, 0.1) is 11.8 Å². The van der Waals surface area contributed by atoms with Gasteiger partial charge < -0.3 is 46.0 Å². The monoisotopic (exact) mass is 832 g/mol. The van der Waals surface area contributed by atoms with Gasteiger partial charge in [0.2, 0.25) is 11.8 Å². The fraction of sp³-hybridized carbons (Fsp3) is 0.692. The van der Waals surface area contributed by atoms with E-state index in [9.17, 15) is 54.0 Å². The number of ether oxygens (including phenoxy) is 1. The number of rotatable bonds is 22. The van der Waals surface area contributed by atoms with Crippen molar-refractivity contribution in [3.63, 3.8) is 0 Å². The highest BCUT2D eigenvalue weighted by molar-refractivity contribution is 6.02. The largest absolute Gasteiger partial charge is 0.491 e. The highest BCUT2D eigenvalue weighted by Gasteiger charge is 2.34. The number of nitrogens with one attached hydrogen (secondary N) is 3. The first-order chi connectivity index (χ1) is 28.3. The minimum atomic E-state index is -1.51. The molecule has 3 aliphatic heterocycles. The maximum absolute atomic E-state index is 13.4. The smallest absolute Gasteiger partial charge is 0.328 e. The highest BCUT2D eigenvalue weighted by atomic mass is 16.5. The van der Waals surface area contributed by atoms with Gasteiger partial charge in [-0.25, -0.2) is 0 Å². The quantitative estimate of drug-likeness (QED) is 0.0557. The van der Waals surface area contributed by atoms with Crippen LogP contribution in [0.15, 0.2) is 18.5 Å². The number of pyridine rings is 1. The second-order valence-corrected chi connectivity index (χ2v) is 15.5. The maximum atomic E-state index is 13.4. The second kappa shape index (κ2) is 24.4. The molecule has 0 aliphatic carbocycles. The number of Topliss-reactive ketones (excluding diaryl/α,β-unsaturated/α-hetero) is 1. The van der Waals surface area contributed by atoms with E-state index in [0.29, 0.717) is 43.0 Å². The Balaban J connectivity index is 1.25. The summed E-state index contributed by atoms with van der Waals surface area (Å²) in [6.45, 7) is 3.80. The molecule has 0 bridgehead atoms. The molecule has 7 N–H and O–H groups in total. The van der Waals surface area contributed by atoms with E-state index in [2.05, 4.69) is 20.9 Å². The molecule has 2 amide bonds. The molecule has 0 aromatic carbocycles. The zero-order valence-corrected chi connectivity index (χ0v) is 33.6. The lowest BCUT2D eigenvalue weighted by atomic mass is 9.92. The van der Waals surface area contributed by atoms with Crippen molar-refractivity contribution >= 4 is 41.5 Å². The lowest BCUT2D eigenvalue weighted by Gasteiger charge is -2.33. The first-order valence-electron chi connectivity index (χ1n) is 20.5. The van der Waals surface area contributed by atoms with E-state index in [1.54, 1.807) is 20.8 Å². The van der Waals surface area contributed by atoms with Gasteiger partial charge in [0.1, 0.15) is 12.4 Å². The third-order valence-corrected chi connectivity index (χ3v) is 11.1. The average Bonchev–Trinajstić information content (AvgIpc) is 3.28. The molecular formula is C39H60N8O12. The van der Waals surface area contributed by atoms with Crippen molar-refractivity contribution in [2.75, 3.05) is 98.2 Å². The molecule has 1 aromatic rings. The number of carboxylic acids is 4. The molecule has 1 aromatic heterocycles. The standard InChI is InChI=1S/C39H60N8O12/c48-32(37(39(57)58)46-17-15-44(25-35(52)53)13-14-45(16-18-46)26-36(54)55)7-10-41-11-19-59-30-20-29(22-42-23-30)31(21-34(50)51)43-38(56)28-2-1-12-47(24-28)33(49)4-3-27-5-8-40-9-6-27/h20,22-23,27-28,31,37,40-41H,1-19,21,24-26H2,(H,43,56)(H,50,51)(H,52,53)(H,54,55)(H,57,58)/t28-,31+,37?/m1/s1. The Labute approximate surface area is 343 Å². The fourth-order valence-electron chi connectivity index (χ4n) is 7.82. The Morgan fingerprint density at radius 3 is 2.10 bits per heavy atom. The van der Waals surface area contributed by atoms with E-state index in [1.807, 2.05) is 0 Å². The highest BCUT2D eigenvalue weighted by Crippen LogP contribution is 2.25. The topological polar surface area (TPSA) is 272 Å². The molecule has 328 valence electrons. The van der Waals surface area contributed by atoms with Crippen molar-refractivity contribution in [1.82, 2.24) is 40.5 Å². The molecule has 1 unspecified atom stereocenters. The van der Waals surface area contributed by atoms with Gasteiger partial charge in [-0.15, -0.1) is 0 Å². The molecule has 3 aliphatic rings. The molecule has 20 nitrogen and oxygen atoms in total. The molecule has 4 heterocycles. The zero-order chi connectivity index (χ0) is 42.7. The number of carbonyl (C=O) groups excluding carboxylic acids is 3. The van der Waals surface area contributed by atoms with E-state index >= 15 is 0 Å². The van der Waals surface area contributed by atoms with Gasteiger partial charge in [-0.05, 0) is 62.7 Å². The van der Waals surface area contributed by atoms with Crippen LogP contribution < -0.4 is 20.7 Å². The van der Waals surface area contributed by atoms with Gasteiger partial charge >= 0.3 is 23.9 Å². The third kappa shape index (κ3) is 16.4. The van der Waals surface area contributed by atoms with Gasteiger partial charge in [0.25, 0.3) is 0 Å². The molecule has 59 heavy (non-hydrogen) atoms. The number of hydrogen-bond acceptors (Lipinski definition) is 14. The average molecular weight is 833 g/mol. The fourth-order valence-corrected chi connectivity index (χ4v) is 7.82. The molecule has 0 saturated carbocycles. The molecule has 3 fully saturated rings. The number of ketones is 1. The van der Waals surface area contributed by atoms with Gasteiger partial charge in [-0.3, -0.25) is 53.2 Å². The van der Waals surface area contributed by atoms with Crippen LogP contribution >= 0.6 is 0 Å². The summed E-state index contributed by atoms with van der Waals surface area (Å²) in [5.74, 6) is -5.11. The summed E-state index contributed by atoms with van der Waals surface area (Å²) in [7, 11) is 0. The molecule has 0 spiro atoms. The third-order valence-electron chi connectivity index (χ3n) is 11.1. The van der Waals surface area contributed by atoms with Crippen LogP contribution in [-0.2, 0) is 33.6 Å². The minimum absolute atomic E-state index is 0.0428. The van der Waals surface area contributed by atoms with Crippen LogP contribution in [0.5, 0.6) is 5.75 Å². The van der Waals surface area contributed by atoms with Crippen LogP contribution in [-0.4, -0.2) is 191 Å². The number of nitrogens with zero attached hydrogens (tertiary/aromatic N) is 5. The number of amides is 2. The van der Waals surface area contributed by atoms with Gasteiger partial charge in [0.05, 0.1) is 37.7 Å². The Kier molecular flexibility index (Phi) is 19.4. The number of piperidine rings is 2. The summed E-state index contributed by atoms with van der Waals surface area (Å²) in [4.78, 5) is 97.1. The summed E-state index contributed by atoms with van der Waals surface area (Å²) in [5.41, 5.74) is 0.430. The van der Waals surface area contributed by atoms with Crippen molar-refractivity contribution in [3.05, 3.63) is 24.0 Å². The van der Waals surface area contributed by atoms with E-state index < -0.39 is 54.1 Å². The molecular weight excluding hydrogens is 772 g/mol. The number of aliphatic carboxylic acids is 4. The predicted molar refractivity (Wildman–Crippen MR) is 211 cm³/mol. The van der Waals surface area contributed by atoms with Gasteiger partial charge in [0.15, 0.2) is 11.8 Å². The van der Waals surface area contributed by atoms with Crippen LogP contribution in [0.2, 0.25) is 0 Å². The molecule has 20 heteroatoms. The van der Waals surface area contributed by atoms with Gasteiger partial charge in [0, 0.05) is 84.5 Å². The van der Waals surface area contributed by atoms with Crippen LogP contribution in [0.4, 0.5) is 0 Å². The second-order valence-electron chi connectivity index (χ2n) is 15.5. The number of likely N-dealkylation sites (tertiary alicyclic amines) is 1. The maximum Gasteiger partial charge on any atom is 0.328 e. The summed E-state index contributed by atoms with van der Waals surface area (Å²) in [6, 6.07) is -0.807. The van der Waals surface area contributed by atoms with Crippen molar-refractivity contribution in [2.24, 2.45) is 11.8 Å². The Morgan fingerprint density at radius 1 is 0.814 bits per heavy atom. The van der Waals surface area contributed by atoms with Crippen molar-refractivity contribution < 1.29 is 58.7 Å². The van der Waals surface area contributed by atoms with Crippen LogP contribution in [0.3, 0.4) is 0 Å². The summed E-state index contributed by atoms with van der Waals surface area (Å²) in [5, 5.41) is 47.5. The molecule has 0 radical (unpaired) electrons. The van der Waals surface area contributed by atoms with E-state index in [1.165, 1.54) is 17.3 Å². The van der Waals surface area contributed by atoms with E-state index in [-0.39, 0.29) is 96.8 Å². The summed E-state index contributed by atoms with van der Waals surface area (Å²) >= 11 is 0. The van der Waals surface area contributed by atoms with Gasteiger partial charge in [-0.1, -0.05) is 0 Å². The van der Waals surface area contributed by atoms with Crippen LogP contribution in [0.1, 0.15) is 63.0 Å². The van der Waals surface area contributed by atoms with Crippen molar-refractivity contribution in [1.29, 1.82) is 0 Å². The number of carboxylic acid groups (broad SMARTS) is 4. The van der Waals surface area contributed by atoms with Crippen LogP contribution in [0.25, 0.3) is 0 Å². The summed E-state index contributed by atoms with van der Waals surface area (Å²) in [6.07, 6.45) is 7.03. The zero-order valence-electron chi connectivity index (χ0n) is 33.6. The Morgan fingerprint density at radius 2 is 1.47 bits per heavy atom. The molecule has 3 atom stereocenters. The van der Waals surface area contributed by atoms with Crippen molar-refractivity contribution in [3.8, 4) is 5.75 Å². The normalized spacial score (nSPS) is 20.0. The Hall–Kier alpha value is -4.76. The number of aromatic nitrogens is 1. The molecule has 3 saturated heterocycles. The number of hydrogen-bond donors (Lipinski definition) is 7. The predicted octanol–water partition coefficient (Wildman–Crippen LogP) is -0.798. The first-order valence-corrected chi connectivity index (χ1v) is 20.5. The molecule has 4 rings (SSSR count). The lowest BCUT2D eigenvalue weighted by Crippen LogP contribution is -2.51. The number of carbonyl (C=O) groups is 7. The lowest BCUT2D eigenvalue weighted by molar-refractivity contribution is -0.149. The van der Waals surface area contributed by atoms with E-state index in [4.69, 9.17) is 4.74 Å². The summed E-state index contributed by atoms with van der Waals surface area (Å²) < 4.78 is 5.82. The minimum Gasteiger partial charge on any atom is -0.491 e. The SMILES string of the molecule is O=C(O)C[C@H](NC(=O)[C@@H]1CCCN(C(=O)CCC2CCNCC2)C1)c1cncc(OCCNCCC(=O)C(C(=O)O)N2CCN(CC(=O)O)CCN(CC(=O)O)CC2)c1. The van der Waals surface area contributed by atoms with Gasteiger partial charge in [-0.2, -0.15) is 0 Å². The Bertz CT molecular complexity index is 1570. The van der Waals surface area contributed by atoms with E-state index in [0.717, 1.165) is 32.4 Å². The van der Waals surface area contributed by atoms with Crippen molar-refractivity contribution in [2.45, 2.75) is 63.5 Å².